The maximum absolute atomic E-state index is 11.8. The van der Waals surface area contributed by atoms with Crippen LogP contribution < -0.4 is 5.56 Å². The molecule has 20 heavy (non-hydrogen) atoms. The number of aryl methyl sites for hydroxylation is 1. The van der Waals surface area contributed by atoms with Crippen LogP contribution in [-0.4, -0.2) is 29.2 Å². The summed E-state index contributed by atoms with van der Waals surface area (Å²) in [5.74, 6) is 0.0603. The van der Waals surface area contributed by atoms with Crippen LogP contribution in [0.25, 0.3) is 5.65 Å². The molecule has 0 aliphatic rings. The molecule has 10 nitrogen and oxygen atoms in total. The average molecular weight is 276 g/mol. The molecule has 0 N–H and O–H groups in total. The standard InChI is InChI=1S/C10H8N6O4/c1-6-2-8-12-7(3-9(17)15(8)20-6)4-14-5-11-10(13-14)16(18)19/h2-3,5H,4H2,1H3. The molecule has 0 spiro atoms. The van der Waals surface area contributed by atoms with Crippen LogP contribution in [0.1, 0.15) is 11.5 Å². The fourth-order valence-electron chi connectivity index (χ4n) is 1.77. The second kappa shape index (κ2) is 4.26. The zero-order valence-corrected chi connectivity index (χ0v) is 10.3. The fraction of sp³-hybridized carbons (Fsp3) is 0.200. The van der Waals surface area contributed by atoms with E-state index in [9.17, 15) is 14.9 Å². The van der Waals surface area contributed by atoms with Crippen molar-refractivity contribution < 1.29 is 9.45 Å². The summed E-state index contributed by atoms with van der Waals surface area (Å²) in [6.07, 6.45) is 1.21. The van der Waals surface area contributed by atoms with Gasteiger partial charge in [-0.25, -0.2) is 4.98 Å². The topological polar surface area (TPSA) is 121 Å². The smallest absolute Gasteiger partial charge is 0.390 e. The van der Waals surface area contributed by atoms with Crippen LogP contribution in [0.5, 0.6) is 0 Å². The lowest BCUT2D eigenvalue weighted by molar-refractivity contribution is -0.394. The van der Waals surface area contributed by atoms with E-state index in [4.69, 9.17) is 4.52 Å². The lowest BCUT2D eigenvalue weighted by atomic mass is 10.4. The Hall–Kier alpha value is -3.04. The van der Waals surface area contributed by atoms with Gasteiger partial charge in [-0.2, -0.15) is 4.68 Å². The third-order valence-electron chi connectivity index (χ3n) is 2.54. The second-order valence-electron chi connectivity index (χ2n) is 4.08. The van der Waals surface area contributed by atoms with Crippen LogP contribution in [-0.2, 0) is 6.54 Å². The molecule has 3 aromatic heterocycles. The highest BCUT2D eigenvalue weighted by atomic mass is 16.6. The molecule has 0 unspecified atom stereocenters. The predicted octanol–water partition coefficient (Wildman–Crippen LogP) is 0.144. The predicted molar refractivity (Wildman–Crippen MR) is 64.2 cm³/mol. The summed E-state index contributed by atoms with van der Waals surface area (Å²) in [5.41, 5.74) is 0.419. The first-order chi connectivity index (χ1) is 9.52. The minimum absolute atomic E-state index is 0.108. The molecule has 3 rings (SSSR count). The molecule has 3 aromatic rings. The Bertz CT molecular complexity index is 860. The summed E-state index contributed by atoms with van der Waals surface area (Å²) in [5, 5.41) is 14.1. The van der Waals surface area contributed by atoms with E-state index in [1.54, 1.807) is 13.0 Å². The Morgan fingerprint density at radius 1 is 1.45 bits per heavy atom. The molecule has 3 heterocycles. The van der Waals surface area contributed by atoms with Crippen molar-refractivity contribution in [1.82, 2.24) is 24.3 Å². The quantitative estimate of drug-likeness (QED) is 0.492. The van der Waals surface area contributed by atoms with E-state index in [-0.39, 0.29) is 12.1 Å². The monoisotopic (exact) mass is 276 g/mol. The van der Waals surface area contributed by atoms with Crippen molar-refractivity contribution in [3.8, 4) is 0 Å². The largest absolute Gasteiger partial charge is 0.490 e. The van der Waals surface area contributed by atoms with E-state index >= 15 is 0 Å². The van der Waals surface area contributed by atoms with Crippen LogP contribution in [0.3, 0.4) is 0 Å². The Labute approximate surface area is 110 Å². The average Bonchev–Trinajstić information content (AvgIpc) is 2.95. The van der Waals surface area contributed by atoms with Crippen molar-refractivity contribution in [3.63, 3.8) is 0 Å². The molecule has 0 amide bonds. The first kappa shape index (κ1) is 12.0. The summed E-state index contributed by atoms with van der Waals surface area (Å²) in [6.45, 7) is 1.81. The van der Waals surface area contributed by atoms with Crippen molar-refractivity contribution >= 4 is 11.6 Å². The molecule has 0 aromatic carbocycles. The van der Waals surface area contributed by atoms with Gasteiger partial charge >= 0.3 is 5.95 Å². The second-order valence-corrected chi connectivity index (χ2v) is 4.08. The minimum Gasteiger partial charge on any atom is -0.390 e. The van der Waals surface area contributed by atoms with Crippen molar-refractivity contribution in [2.75, 3.05) is 0 Å². The number of nitrogens with zero attached hydrogens (tertiary/aromatic N) is 6. The number of hydrogen-bond donors (Lipinski definition) is 0. The highest BCUT2D eigenvalue weighted by Gasteiger charge is 2.14. The maximum atomic E-state index is 11.8. The number of fused-ring (bicyclic) bond motifs is 1. The maximum Gasteiger partial charge on any atom is 0.490 e. The van der Waals surface area contributed by atoms with Crippen LogP contribution >= 0.6 is 0 Å². The van der Waals surface area contributed by atoms with E-state index in [2.05, 4.69) is 15.1 Å². The van der Waals surface area contributed by atoms with Crippen LogP contribution in [0.15, 0.2) is 27.8 Å². The molecule has 0 saturated carbocycles. The SMILES string of the molecule is Cc1cc2nc(Cn3cnc([N+](=O)[O-])n3)cc(=O)n2o1. The van der Waals surface area contributed by atoms with Crippen molar-refractivity contribution in [1.29, 1.82) is 0 Å². The molecule has 0 aliphatic heterocycles. The molecule has 0 atom stereocenters. The van der Waals surface area contributed by atoms with E-state index in [1.165, 1.54) is 17.1 Å². The van der Waals surface area contributed by atoms with Gasteiger partial charge in [0.25, 0.3) is 5.56 Å². The van der Waals surface area contributed by atoms with Gasteiger partial charge in [-0.05, 0) is 11.8 Å². The highest BCUT2D eigenvalue weighted by Crippen LogP contribution is 2.06. The van der Waals surface area contributed by atoms with Gasteiger partial charge in [-0.1, -0.05) is 4.98 Å². The first-order valence-electron chi connectivity index (χ1n) is 5.56. The molecule has 10 heteroatoms. The van der Waals surface area contributed by atoms with Crippen LogP contribution in [0.4, 0.5) is 5.95 Å². The molecule has 0 aliphatic carbocycles. The molecular weight excluding hydrogens is 268 g/mol. The highest BCUT2D eigenvalue weighted by molar-refractivity contribution is 5.37. The van der Waals surface area contributed by atoms with Crippen LogP contribution in [0.2, 0.25) is 0 Å². The molecule has 0 fully saturated rings. The normalized spacial score (nSPS) is 11.1. The molecule has 0 saturated heterocycles. The van der Waals surface area contributed by atoms with E-state index in [1.807, 2.05) is 0 Å². The summed E-state index contributed by atoms with van der Waals surface area (Å²) in [6, 6.07) is 2.90. The van der Waals surface area contributed by atoms with Gasteiger partial charge in [0.1, 0.15) is 12.3 Å². The Balaban J connectivity index is 1.97. The summed E-state index contributed by atoms with van der Waals surface area (Å²) in [4.78, 5) is 29.3. The summed E-state index contributed by atoms with van der Waals surface area (Å²) in [7, 11) is 0. The summed E-state index contributed by atoms with van der Waals surface area (Å²) >= 11 is 0. The van der Waals surface area contributed by atoms with Gasteiger partial charge in [0.05, 0.1) is 5.69 Å². The lowest BCUT2D eigenvalue weighted by Gasteiger charge is -1.97. The number of nitro groups is 1. The summed E-state index contributed by atoms with van der Waals surface area (Å²) < 4.78 is 7.47. The third kappa shape index (κ3) is 2.02. The van der Waals surface area contributed by atoms with E-state index in [0.29, 0.717) is 17.1 Å². The van der Waals surface area contributed by atoms with Crippen molar-refractivity contribution in [2.24, 2.45) is 0 Å². The van der Waals surface area contributed by atoms with Gasteiger partial charge in [0.2, 0.25) is 6.33 Å². The first-order valence-corrected chi connectivity index (χ1v) is 5.56. The zero-order valence-electron chi connectivity index (χ0n) is 10.3. The molecular formula is C10H8N6O4. The van der Waals surface area contributed by atoms with E-state index < -0.39 is 10.9 Å². The number of aromatic nitrogens is 5. The fourth-order valence-corrected chi connectivity index (χ4v) is 1.77. The van der Waals surface area contributed by atoms with Crippen molar-refractivity contribution in [2.45, 2.75) is 13.5 Å². The lowest BCUT2D eigenvalue weighted by Crippen LogP contribution is -2.15. The zero-order chi connectivity index (χ0) is 14.3. The van der Waals surface area contributed by atoms with Gasteiger partial charge in [-0.15, -0.1) is 4.57 Å². The Kier molecular flexibility index (Phi) is 2.56. The Morgan fingerprint density at radius 3 is 2.95 bits per heavy atom. The number of rotatable bonds is 3. The van der Waals surface area contributed by atoms with E-state index in [0.717, 1.165) is 4.57 Å². The van der Waals surface area contributed by atoms with Gasteiger partial charge in [0, 0.05) is 17.2 Å². The minimum atomic E-state index is -0.693. The molecule has 0 bridgehead atoms. The van der Waals surface area contributed by atoms with Crippen molar-refractivity contribution in [3.05, 3.63) is 50.4 Å². The van der Waals surface area contributed by atoms with Gasteiger partial charge < -0.3 is 14.6 Å². The van der Waals surface area contributed by atoms with Gasteiger partial charge in [-0.3, -0.25) is 4.79 Å². The van der Waals surface area contributed by atoms with Crippen LogP contribution in [0, 0.1) is 17.0 Å². The molecule has 0 radical (unpaired) electrons. The Morgan fingerprint density at radius 2 is 2.25 bits per heavy atom. The number of hydrogen-bond acceptors (Lipinski definition) is 7. The molecule has 102 valence electrons. The van der Waals surface area contributed by atoms with Gasteiger partial charge in [0.15, 0.2) is 5.65 Å². The third-order valence-corrected chi connectivity index (χ3v) is 2.54.